The normalized spacial score (nSPS) is 18.3. The number of amides is 2. The third kappa shape index (κ3) is 3.96. The van der Waals surface area contributed by atoms with E-state index in [0.717, 1.165) is 11.2 Å². The van der Waals surface area contributed by atoms with Crippen molar-refractivity contribution in [3.05, 3.63) is 0 Å². The van der Waals surface area contributed by atoms with Gasteiger partial charge >= 0.3 is 0 Å². The zero-order valence-electron chi connectivity index (χ0n) is 8.52. The predicted molar refractivity (Wildman–Crippen MR) is 53.9 cm³/mol. The molecule has 1 rings (SSSR count). The minimum Gasteiger partial charge on any atom is -0.300 e. The predicted octanol–water partition coefficient (Wildman–Crippen LogP) is -1.62. The quantitative estimate of drug-likeness (QED) is 0.591. The molecule has 0 unspecified atom stereocenters. The van der Waals surface area contributed by atoms with Gasteiger partial charge in [0.1, 0.15) is 9.84 Å². The van der Waals surface area contributed by atoms with Gasteiger partial charge < -0.3 is 0 Å². The largest absolute Gasteiger partial charge is 0.300 e. The van der Waals surface area contributed by atoms with Gasteiger partial charge in [0, 0.05) is 12.8 Å². The van der Waals surface area contributed by atoms with Gasteiger partial charge in [0.05, 0.1) is 18.8 Å². The number of rotatable bonds is 4. The van der Waals surface area contributed by atoms with Crippen LogP contribution in [0.2, 0.25) is 0 Å². The van der Waals surface area contributed by atoms with E-state index < -0.39 is 9.84 Å². The summed E-state index contributed by atoms with van der Waals surface area (Å²) in [7, 11) is -3.02. The molecule has 0 radical (unpaired) electrons. The van der Waals surface area contributed by atoms with Crippen molar-refractivity contribution in [2.75, 3.05) is 31.6 Å². The van der Waals surface area contributed by atoms with E-state index >= 15 is 0 Å². The molecule has 6 nitrogen and oxygen atoms in total. The van der Waals surface area contributed by atoms with Crippen molar-refractivity contribution in [3.63, 3.8) is 0 Å². The van der Waals surface area contributed by atoms with Crippen LogP contribution in [0.3, 0.4) is 0 Å². The highest BCUT2D eigenvalue weighted by Gasteiger charge is 2.24. The van der Waals surface area contributed by atoms with Gasteiger partial charge in [-0.25, -0.2) is 8.42 Å². The fourth-order valence-corrected chi connectivity index (χ4v) is 1.99. The molecule has 0 saturated carbocycles. The van der Waals surface area contributed by atoms with E-state index in [9.17, 15) is 18.0 Å². The summed E-state index contributed by atoms with van der Waals surface area (Å²) in [6.45, 7) is 0.474. The minimum atomic E-state index is -3.02. The highest BCUT2D eigenvalue weighted by molar-refractivity contribution is 7.90. The van der Waals surface area contributed by atoms with Crippen LogP contribution in [0.15, 0.2) is 0 Å². The Labute approximate surface area is 88.5 Å². The van der Waals surface area contributed by atoms with E-state index in [2.05, 4.69) is 5.32 Å². The summed E-state index contributed by atoms with van der Waals surface area (Å²) >= 11 is 0. The molecule has 86 valence electrons. The van der Waals surface area contributed by atoms with Gasteiger partial charge in [0.2, 0.25) is 11.8 Å². The highest BCUT2D eigenvalue weighted by atomic mass is 32.2. The molecule has 1 saturated heterocycles. The third-order valence-corrected chi connectivity index (χ3v) is 3.08. The summed E-state index contributed by atoms with van der Waals surface area (Å²) in [6.07, 6.45) is 1.44. The molecule has 1 heterocycles. The van der Waals surface area contributed by atoms with Crippen LogP contribution in [0.4, 0.5) is 0 Å². The first-order chi connectivity index (χ1) is 6.90. The number of nitrogens with zero attached hydrogens (tertiary/aromatic N) is 1. The van der Waals surface area contributed by atoms with Gasteiger partial charge in [-0.15, -0.1) is 0 Å². The van der Waals surface area contributed by atoms with Crippen molar-refractivity contribution < 1.29 is 18.0 Å². The first-order valence-corrected chi connectivity index (χ1v) is 6.68. The lowest BCUT2D eigenvalue weighted by Crippen LogP contribution is -2.52. The van der Waals surface area contributed by atoms with Crippen molar-refractivity contribution in [1.82, 2.24) is 10.2 Å². The molecule has 1 aliphatic heterocycles. The molecule has 0 spiro atoms. The lowest BCUT2D eigenvalue weighted by molar-refractivity contribution is -0.146. The Bertz CT molecular complexity index is 347. The first-order valence-electron chi connectivity index (χ1n) is 4.62. The van der Waals surface area contributed by atoms with Gasteiger partial charge in [-0.2, -0.15) is 0 Å². The summed E-state index contributed by atoms with van der Waals surface area (Å²) in [5.41, 5.74) is 0. The molecule has 1 fully saturated rings. The lowest BCUT2D eigenvalue weighted by Gasteiger charge is -2.25. The summed E-state index contributed by atoms with van der Waals surface area (Å²) < 4.78 is 21.7. The van der Waals surface area contributed by atoms with Crippen LogP contribution in [0.5, 0.6) is 0 Å². The molecular weight excluding hydrogens is 220 g/mol. The van der Waals surface area contributed by atoms with Crippen LogP contribution in [0, 0.1) is 0 Å². The Morgan fingerprint density at radius 2 is 1.80 bits per heavy atom. The number of imide groups is 1. The summed E-state index contributed by atoms with van der Waals surface area (Å²) in [5.74, 6) is -0.586. The van der Waals surface area contributed by atoms with Crippen LogP contribution in [-0.4, -0.2) is 56.8 Å². The SMILES string of the molecule is CS(=O)(=O)CCCN1C(=O)CNCC1=O. The number of hydrogen-bond acceptors (Lipinski definition) is 5. The summed E-state index contributed by atoms with van der Waals surface area (Å²) in [5, 5.41) is 2.66. The molecule has 2 amide bonds. The Morgan fingerprint density at radius 1 is 1.27 bits per heavy atom. The zero-order chi connectivity index (χ0) is 11.5. The topological polar surface area (TPSA) is 83.6 Å². The lowest BCUT2D eigenvalue weighted by atomic mass is 10.3. The molecule has 7 heteroatoms. The summed E-state index contributed by atoms with van der Waals surface area (Å²) in [6, 6.07) is 0. The molecule has 0 aromatic rings. The Morgan fingerprint density at radius 3 is 2.27 bits per heavy atom. The summed E-state index contributed by atoms with van der Waals surface area (Å²) in [4.78, 5) is 23.6. The number of sulfone groups is 1. The Kier molecular flexibility index (Phi) is 3.81. The van der Waals surface area contributed by atoms with E-state index in [1.54, 1.807) is 0 Å². The molecule has 1 aliphatic rings. The number of nitrogens with one attached hydrogen (secondary N) is 1. The second-order valence-corrected chi connectivity index (χ2v) is 5.79. The fourth-order valence-electron chi connectivity index (χ4n) is 1.34. The van der Waals surface area contributed by atoms with Crippen molar-refractivity contribution in [2.45, 2.75) is 6.42 Å². The average Bonchev–Trinajstić information content (AvgIpc) is 2.08. The van der Waals surface area contributed by atoms with E-state index in [1.807, 2.05) is 0 Å². The highest BCUT2D eigenvalue weighted by Crippen LogP contribution is 1.99. The second-order valence-electron chi connectivity index (χ2n) is 3.53. The zero-order valence-corrected chi connectivity index (χ0v) is 9.34. The van der Waals surface area contributed by atoms with E-state index in [1.165, 1.54) is 0 Å². The van der Waals surface area contributed by atoms with Gasteiger partial charge in [-0.05, 0) is 6.42 Å². The van der Waals surface area contributed by atoms with Gasteiger partial charge in [0.25, 0.3) is 0 Å². The molecule has 15 heavy (non-hydrogen) atoms. The number of piperazine rings is 1. The number of hydrogen-bond donors (Lipinski definition) is 1. The average molecular weight is 234 g/mol. The van der Waals surface area contributed by atoms with Gasteiger partial charge in [0.15, 0.2) is 0 Å². The molecule has 0 aliphatic carbocycles. The molecule has 0 aromatic heterocycles. The van der Waals surface area contributed by atoms with Crippen molar-refractivity contribution in [1.29, 1.82) is 0 Å². The molecule has 0 atom stereocenters. The maximum atomic E-state index is 11.3. The fraction of sp³-hybridized carbons (Fsp3) is 0.750. The standard InChI is InChI=1S/C8H14N2O4S/c1-15(13,14)4-2-3-10-7(11)5-9-6-8(10)12/h9H,2-6H2,1H3. The number of carbonyl (C=O) groups is 2. The van der Waals surface area contributed by atoms with Crippen LogP contribution in [0.1, 0.15) is 6.42 Å². The van der Waals surface area contributed by atoms with Crippen molar-refractivity contribution in [3.8, 4) is 0 Å². The van der Waals surface area contributed by atoms with Crippen LogP contribution in [-0.2, 0) is 19.4 Å². The molecule has 0 aromatic carbocycles. The van der Waals surface area contributed by atoms with E-state index in [-0.39, 0.29) is 37.2 Å². The van der Waals surface area contributed by atoms with Crippen molar-refractivity contribution in [2.24, 2.45) is 0 Å². The monoisotopic (exact) mass is 234 g/mol. The Balaban J connectivity index is 2.43. The van der Waals surface area contributed by atoms with Crippen LogP contribution >= 0.6 is 0 Å². The smallest absolute Gasteiger partial charge is 0.243 e. The maximum Gasteiger partial charge on any atom is 0.243 e. The minimum absolute atomic E-state index is 0.00249. The first kappa shape index (κ1) is 12.1. The van der Waals surface area contributed by atoms with Crippen LogP contribution in [0.25, 0.3) is 0 Å². The molecule has 1 N–H and O–H groups in total. The van der Waals surface area contributed by atoms with Gasteiger partial charge in [-0.1, -0.05) is 0 Å². The number of carbonyl (C=O) groups excluding carboxylic acids is 2. The van der Waals surface area contributed by atoms with Crippen molar-refractivity contribution >= 4 is 21.7 Å². The van der Waals surface area contributed by atoms with Gasteiger partial charge in [-0.3, -0.25) is 19.8 Å². The maximum absolute atomic E-state index is 11.3. The molecule has 0 bridgehead atoms. The Hall–Kier alpha value is -0.950. The third-order valence-electron chi connectivity index (χ3n) is 2.05. The molecular formula is C8H14N2O4S. The van der Waals surface area contributed by atoms with E-state index in [0.29, 0.717) is 6.42 Å². The van der Waals surface area contributed by atoms with Crippen LogP contribution < -0.4 is 5.32 Å². The van der Waals surface area contributed by atoms with E-state index in [4.69, 9.17) is 0 Å². The second kappa shape index (κ2) is 4.71.